The molecule has 0 saturated carbocycles. The third-order valence-corrected chi connectivity index (χ3v) is 5.03. The van der Waals surface area contributed by atoms with Crippen LogP contribution in [0.25, 0.3) is 0 Å². The molecule has 0 aliphatic carbocycles. The Bertz CT molecular complexity index is 626. The Labute approximate surface area is 114 Å². The van der Waals surface area contributed by atoms with Crippen molar-refractivity contribution in [3.05, 3.63) is 28.5 Å². The van der Waals surface area contributed by atoms with E-state index in [1.54, 1.807) is 0 Å². The average Bonchev–Trinajstić information content (AvgIpc) is 2.85. The Morgan fingerprint density at radius 3 is 2.42 bits per heavy atom. The molecule has 0 unspecified atom stereocenters. The lowest BCUT2D eigenvalue weighted by Gasteiger charge is -2.16. The van der Waals surface area contributed by atoms with Gasteiger partial charge >= 0.3 is 5.97 Å². The van der Waals surface area contributed by atoms with Crippen molar-refractivity contribution in [1.82, 2.24) is 4.31 Å². The number of nitrogens with zero attached hydrogens (tertiary/aromatic N) is 1. The molecule has 0 spiro atoms. The second kappa shape index (κ2) is 5.07. The lowest BCUT2D eigenvalue weighted by atomic mass is 10.2. The van der Waals surface area contributed by atoms with Crippen molar-refractivity contribution in [3.63, 3.8) is 0 Å². The number of hydrogen-bond donors (Lipinski definition) is 1. The standard InChI is InChI=1S/C11H11ClFNO4S/c12-7-5-8(11(15)16)10(13)9(6-7)19(17,18)14-3-1-2-4-14/h5-6H,1-4H2,(H,15,16). The van der Waals surface area contributed by atoms with Crippen LogP contribution in [0.1, 0.15) is 23.2 Å². The van der Waals surface area contributed by atoms with Crippen LogP contribution in [-0.4, -0.2) is 36.9 Å². The van der Waals surface area contributed by atoms with Gasteiger partial charge < -0.3 is 5.11 Å². The largest absolute Gasteiger partial charge is 0.478 e. The zero-order valence-corrected chi connectivity index (χ0v) is 11.3. The fourth-order valence-corrected chi connectivity index (χ4v) is 3.89. The lowest BCUT2D eigenvalue weighted by molar-refractivity contribution is 0.0691. The zero-order chi connectivity index (χ0) is 14.2. The highest BCUT2D eigenvalue weighted by atomic mass is 35.5. The summed E-state index contributed by atoms with van der Waals surface area (Å²) in [5, 5.41) is 8.71. The molecular weight excluding hydrogens is 297 g/mol. The molecule has 0 radical (unpaired) electrons. The van der Waals surface area contributed by atoms with Gasteiger partial charge in [0.15, 0.2) is 5.82 Å². The van der Waals surface area contributed by atoms with Gasteiger partial charge in [0, 0.05) is 18.1 Å². The Hall–Kier alpha value is -1.18. The summed E-state index contributed by atoms with van der Waals surface area (Å²) in [6.45, 7) is 0.605. The Kier molecular flexibility index (Phi) is 3.80. The van der Waals surface area contributed by atoms with Crippen LogP contribution in [0.3, 0.4) is 0 Å². The predicted octanol–water partition coefficient (Wildman–Crippen LogP) is 1.96. The normalized spacial score (nSPS) is 16.7. The highest BCUT2D eigenvalue weighted by Gasteiger charge is 2.32. The first kappa shape index (κ1) is 14.2. The minimum Gasteiger partial charge on any atom is -0.478 e. The van der Waals surface area contributed by atoms with Crippen LogP contribution in [0.5, 0.6) is 0 Å². The summed E-state index contributed by atoms with van der Waals surface area (Å²) in [7, 11) is -4.04. The van der Waals surface area contributed by atoms with Crippen LogP contribution < -0.4 is 0 Å². The molecule has 1 aromatic carbocycles. The van der Waals surface area contributed by atoms with Crippen molar-refractivity contribution in [2.45, 2.75) is 17.7 Å². The van der Waals surface area contributed by atoms with E-state index in [1.807, 2.05) is 0 Å². The zero-order valence-electron chi connectivity index (χ0n) is 9.77. The number of aromatic carboxylic acids is 1. The fourth-order valence-electron chi connectivity index (χ4n) is 1.98. The first-order chi connectivity index (χ1) is 8.84. The van der Waals surface area contributed by atoms with E-state index in [2.05, 4.69) is 0 Å². The van der Waals surface area contributed by atoms with Crippen molar-refractivity contribution >= 4 is 27.6 Å². The van der Waals surface area contributed by atoms with Crippen LogP contribution in [0.15, 0.2) is 17.0 Å². The second-order valence-electron chi connectivity index (χ2n) is 4.18. The van der Waals surface area contributed by atoms with E-state index < -0.39 is 32.3 Å². The third kappa shape index (κ3) is 2.58. The Morgan fingerprint density at radius 1 is 1.32 bits per heavy atom. The number of carbonyl (C=O) groups is 1. The van der Waals surface area contributed by atoms with Gasteiger partial charge in [-0.3, -0.25) is 0 Å². The van der Waals surface area contributed by atoms with Crippen LogP contribution in [0, 0.1) is 5.82 Å². The number of carboxylic acids is 1. The summed E-state index contributed by atoms with van der Waals surface area (Å²) in [6.07, 6.45) is 1.40. The number of carboxylic acid groups (broad SMARTS) is 1. The van der Waals surface area contributed by atoms with Gasteiger partial charge in [0.2, 0.25) is 10.0 Å². The van der Waals surface area contributed by atoms with E-state index in [0.29, 0.717) is 25.9 Å². The van der Waals surface area contributed by atoms with Crippen molar-refractivity contribution in [2.75, 3.05) is 13.1 Å². The van der Waals surface area contributed by atoms with E-state index >= 15 is 0 Å². The number of halogens is 2. The maximum Gasteiger partial charge on any atom is 0.338 e. The molecule has 0 atom stereocenters. The van der Waals surface area contributed by atoms with Gasteiger partial charge in [-0.1, -0.05) is 11.6 Å². The van der Waals surface area contributed by atoms with E-state index in [-0.39, 0.29) is 5.02 Å². The van der Waals surface area contributed by atoms with Gasteiger partial charge in [-0.2, -0.15) is 4.31 Å². The summed E-state index contributed by atoms with van der Waals surface area (Å²) >= 11 is 5.67. The number of rotatable bonds is 3. The van der Waals surface area contributed by atoms with Crippen LogP contribution >= 0.6 is 11.6 Å². The number of sulfonamides is 1. The highest BCUT2D eigenvalue weighted by Crippen LogP contribution is 2.28. The second-order valence-corrected chi connectivity index (χ2v) is 6.52. The van der Waals surface area contributed by atoms with Crippen molar-refractivity contribution in [2.24, 2.45) is 0 Å². The lowest BCUT2D eigenvalue weighted by Crippen LogP contribution is -2.29. The summed E-state index contributed by atoms with van der Waals surface area (Å²) in [6, 6.07) is 1.83. The first-order valence-electron chi connectivity index (χ1n) is 5.56. The first-order valence-corrected chi connectivity index (χ1v) is 7.38. The summed E-state index contributed by atoms with van der Waals surface area (Å²) in [5.74, 6) is -2.83. The number of hydrogen-bond acceptors (Lipinski definition) is 3. The summed E-state index contributed by atoms with van der Waals surface area (Å²) in [4.78, 5) is 10.2. The molecule has 0 aromatic heterocycles. The summed E-state index contributed by atoms with van der Waals surface area (Å²) < 4.78 is 39.6. The van der Waals surface area contributed by atoms with Crippen molar-refractivity contribution in [1.29, 1.82) is 0 Å². The maximum atomic E-state index is 14.0. The molecule has 1 aromatic rings. The average molecular weight is 308 g/mol. The topological polar surface area (TPSA) is 74.7 Å². The molecule has 1 fully saturated rings. The molecule has 1 aliphatic heterocycles. The minimum absolute atomic E-state index is 0.128. The molecule has 2 rings (SSSR count). The molecule has 1 saturated heterocycles. The SMILES string of the molecule is O=C(O)c1cc(Cl)cc(S(=O)(=O)N2CCCC2)c1F. The van der Waals surface area contributed by atoms with Gasteiger partial charge in [0.05, 0.1) is 5.56 Å². The maximum absolute atomic E-state index is 14.0. The third-order valence-electron chi connectivity index (χ3n) is 2.92. The van der Waals surface area contributed by atoms with E-state index in [4.69, 9.17) is 16.7 Å². The number of benzene rings is 1. The predicted molar refractivity (Wildman–Crippen MR) is 66.4 cm³/mol. The van der Waals surface area contributed by atoms with Crippen LogP contribution in [0.2, 0.25) is 5.02 Å². The quantitative estimate of drug-likeness (QED) is 0.926. The molecular formula is C11H11ClFNO4S. The van der Waals surface area contributed by atoms with E-state index in [0.717, 1.165) is 16.4 Å². The molecule has 1 heterocycles. The van der Waals surface area contributed by atoms with Gasteiger partial charge in [0.25, 0.3) is 0 Å². The Balaban J connectivity index is 2.59. The van der Waals surface area contributed by atoms with E-state index in [9.17, 15) is 17.6 Å². The van der Waals surface area contributed by atoms with Crippen LogP contribution in [-0.2, 0) is 10.0 Å². The van der Waals surface area contributed by atoms with Gasteiger partial charge in [-0.05, 0) is 25.0 Å². The van der Waals surface area contributed by atoms with Crippen molar-refractivity contribution < 1.29 is 22.7 Å². The molecule has 1 aliphatic rings. The molecule has 8 heteroatoms. The molecule has 0 amide bonds. The van der Waals surface area contributed by atoms with E-state index in [1.165, 1.54) is 0 Å². The monoisotopic (exact) mass is 307 g/mol. The van der Waals surface area contributed by atoms with Gasteiger partial charge in [0.1, 0.15) is 4.90 Å². The molecule has 5 nitrogen and oxygen atoms in total. The van der Waals surface area contributed by atoms with Crippen molar-refractivity contribution in [3.8, 4) is 0 Å². The minimum atomic E-state index is -4.04. The molecule has 0 bridgehead atoms. The fraction of sp³-hybridized carbons (Fsp3) is 0.364. The van der Waals surface area contributed by atoms with Gasteiger partial charge in [-0.25, -0.2) is 17.6 Å². The molecule has 19 heavy (non-hydrogen) atoms. The smallest absolute Gasteiger partial charge is 0.338 e. The highest BCUT2D eigenvalue weighted by molar-refractivity contribution is 7.89. The van der Waals surface area contributed by atoms with Crippen LogP contribution in [0.4, 0.5) is 4.39 Å². The molecule has 104 valence electrons. The van der Waals surface area contributed by atoms with Gasteiger partial charge in [-0.15, -0.1) is 0 Å². The summed E-state index contributed by atoms with van der Waals surface area (Å²) in [5.41, 5.74) is -0.745. The Morgan fingerprint density at radius 2 is 1.89 bits per heavy atom. The molecule has 1 N–H and O–H groups in total.